The Balaban J connectivity index is 4.11. The van der Waals surface area contributed by atoms with Crippen molar-refractivity contribution >= 4 is 17.5 Å². The molecule has 0 bridgehead atoms. The summed E-state index contributed by atoms with van der Waals surface area (Å²) in [4.78, 5) is 33.1. The maximum atomic E-state index is 11.6. The Bertz CT molecular complexity index is 266. The van der Waals surface area contributed by atoms with E-state index in [0.717, 1.165) is 0 Å². The molecule has 0 aliphatic rings. The van der Waals surface area contributed by atoms with Crippen molar-refractivity contribution in [2.75, 3.05) is 13.6 Å². The molecule has 0 radical (unpaired) electrons. The van der Waals surface area contributed by atoms with Gasteiger partial charge < -0.3 is 10.1 Å². The largest absolute Gasteiger partial charge is 0.348 e. The molecule has 16 heavy (non-hydrogen) atoms. The highest BCUT2D eigenvalue weighted by Gasteiger charge is 2.17. The van der Waals surface area contributed by atoms with Crippen LogP contribution in [0.1, 0.15) is 26.7 Å². The SMILES string of the molecule is CNNC(CCC(C)=O)C(=O)NCC(C)=O. The van der Waals surface area contributed by atoms with Gasteiger partial charge in [-0.15, -0.1) is 0 Å². The number of amides is 1. The number of rotatable bonds is 8. The van der Waals surface area contributed by atoms with Gasteiger partial charge in [-0.25, -0.2) is 5.43 Å². The highest BCUT2D eigenvalue weighted by molar-refractivity contribution is 5.87. The van der Waals surface area contributed by atoms with Crippen molar-refractivity contribution in [2.24, 2.45) is 0 Å². The molecule has 0 heterocycles. The van der Waals surface area contributed by atoms with Crippen LogP contribution in [0.4, 0.5) is 0 Å². The molecule has 0 saturated heterocycles. The summed E-state index contributed by atoms with van der Waals surface area (Å²) >= 11 is 0. The minimum atomic E-state index is -0.506. The quantitative estimate of drug-likeness (QED) is 0.472. The molecule has 0 aliphatic carbocycles. The number of hydrazine groups is 1. The fourth-order valence-corrected chi connectivity index (χ4v) is 1.13. The van der Waals surface area contributed by atoms with Crippen molar-refractivity contribution in [3.05, 3.63) is 0 Å². The first kappa shape index (κ1) is 14.7. The van der Waals surface area contributed by atoms with Crippen molar-refractivity contribution in [1.29, 1.82) is 0 Å². The molecule has 1 atom stereocenters. The van der Waals surface area contributed by atoms with Gasteiger partial charge in [0.25, 0.3) is 0 Å². The van der Waals surface area contributed by atoms with Gasteiger partial charge in [0, 0.05) is 6.42 Å². The summed E-state index contributed by atoms with van der Waals surface area (Å²) in [6, 6.07) is -0.506. The predicted octanol–water partition coefficient (Wildman–Crippen LogP) is -0.847. The average molecular weight is 229 g/mol. The highest BCUT2D eigenvalue weighted by Crippen LogP contribution is 1.97. The van der Waals surface area contributed by atoms with E-state index in [-0.39, 0.29) is 24.0 Å². The summed E-state index contributed by atoms with van der Waals surface area (Å²) in [5, 5.41) is 2.49. The summed E-state index contributed by atoms with van der Waals surface area (Å²) in [6.07, 6.45) is 0.729. The Hall–Kier alpha value is -1.27. The molecule has 0 rings (SSSR count). The molecular weight excluding hydrogens is 210 g/mol. The summed E-state index contributed by atoms with van der Waals surface area (Å²) in [5.41, 5.74) is 5.39. The van der Waals surface area contributed by atoms with E-state index >= 15 is 0 Å². The third-order valence-corrected chi connectivity index (χ3v) is 1.93. The molecule has 3 N–H and O–H groups in total. The molecule has 0 aromatic carbocycles. The molecule has 0 aliphatic heterocycles. The number of nitrogens with one attached hydrogen (secondary N) is 3. The number of hydrogen-bond donors (Lipinski definition) is 3. The van der Waals surface area contributed by atoms with Crippen LogP contribution in [0.5, 0.6) is 0 Å². The van der Waals surface area contributed by atoms with Crippen LogP contribution < -0.4 is 16.2 Å². The average Bonchev–Trinajstić information content (AvgIpc) is 2.20. The molecule has 0 aromatic heterocycles. The van der Waals surface area contributed by atoms with Gasteiger partial charge >= 0.3 is 0 Å². The van der Waals surface area contributed by atoms with E-state index in [9.17, 15) is 14.4 Å². The molecule has 6 nitrogen and oxygen atoms in total. The third kappa shape index (κ3) is 7.08. The van der Waals surface area contributed by atoms with Crippen molar-refractivity contribution < 1.29 is 14.4 Å². The second kappa shape index (κ2) is 7.95. The van der Waals surface area contributed by atoms with Crippen LogP contribution in [-0.2, 0) is 14.4 Å². The van der Waals surface area contributed by atoms with E-state index in [1.807, 2.05) is 0 Å². The molecule has 1 unspecified atom stereocenters. The maximum Gasteiger partial charge on any atom is 0.238 e. The first-order chi connectivity index (χ1) is 7.47. The topological polar surface area (TPSA) is 87.3 Å². The van der Waals surface area contributed by atoms with E-state index < -0.39 is 6.04 Å². The van der Waals surface area contributed by atoms with Gasteiger partial charge in [-0.3, -0.25) is 15.0 Å². The van der Waals surface area contributed by atoms with Crippen LogP contribution in [0, 0.1) is 0 Å². The fraction of sp³-hybridized carbons (Fsp3) is 0.700. The van der Waals surface area contributed by atoms with Crippen molar-refractivity contribution in [2.45, 2.75) is 32.7 Å². The molecule has 0 saturated carbocycles. The Labute approximate surface area is 95.1 Å². The lowest BCUT2D eigenvalue weighted by atomic mass is 10.1. The molecule has 0 fully saturated rings. The lowest BCUT2D eigenvalue weighted by Gasteiger charge is -2.16. The smallest absolute Gasteiger partial charge is 0.238 e. The predicted molar refractivity (Wildman–Crippen MR) is 59.6 cm³/mol. The van der Waals surface area contributed by atoms with Gasteiger partial charge in [0.1, 0.15) is 17.6 Å². The third-order valence-electron chi connectivity index (χ3n) is 1.93. The van der Waals surface area contributed by atoms with Crippen LogP contribution in [0.3, 0.4) is 0 Å². The Morgan fingerprint density at radius 1 is 1.12 bits per heavy atom. The van der Waals surface area contributed by atoms with E-state index in [4.69, 9.17) is 0 Å². The van der Waals surface area contributed by atoms with Gasteiger partial charge in [0.2, 0.25) is 5.91 Å². The van der Waals surface area contributed by atoms with E-state index in [2.05, 4.69) is 16.2 Å². The monoisotopic (exact) mass is 229 g/mol. The Kier molecular flexibility index (Phi) is 7.32. The molecule has 0 aromatic rings. The molecule has 1 amide bonds. The first-order valence-corrected chi connectivity index (χ1v) is 5.16. The second-order valence-corrected chi connectivity index (χ2v) is 3.61. The second-order valence-electron chi connectivity index (χ2n) is 3.61. The highest BCUT2D eigenvalue weighted by atomic mass is 16.2. The van der Waals surface area contributed by atoms with Crippen LogP contribution in [0.25, 0.3) is 0 Å². The zero-order valence-electron chi connectivity index (χ0n) is 9.92. The minimum absolute atomic E-state index is 0.0147. The summed E-state index contributed by atoms with van der Waals surface area (Å²) in [5.74, 6) is -0.365. The van der Waals surface area contributed by atoms with Crippen LogP contribution in [-0.4, -0.2) is 37.1 Å². The van der Waals surface area contributed by atoms with Crippen molar-refractivity contribution in [1.82, 2.24) is 16.2 Å². The zero-order chi connectivity index (χ0) is 12.6. The Morgan fingerprint density at radius 2 is 1.75 bits per heavy atom. The summed E-state index contributed by atoms with van der Waals surface area (Å²) in [7, 11) is 1.64. The summed E-state index contributed by atoms with van der Waals surface area (Å²) in [6.45, 7) is 2.89. The van der Waals surface area contributed by atoms with Gasteiger partial charge in [-0.2, -0.15) is 0 Å². The molecule has 0 spiro atoms. The number of hydrogen-bond acceptors (Lipinski definition) is 5. The van der Waals surface area contributed by atoms with Crippen LogP contribution in [0.2, 0.25) is 0 Å². The number of carbonyl (C=O) groups excluding carboxylic acids is 3. The van der Waals surface area contributed by atoms with Gasteiger partial charge in [0.15, 0.2) is 0 Å². The maximum absolute atomic E-state index is 11.6. The number of Topliss-reactive ketones (excluding diaryl/α,β-unsaturated/α-hetero) is 2. The molecule has 92 valence electrons. The zero-order valence-corrected chi connectivity index (χ0v) is 9.92. The normalized spacial score (nSPS) is 11.9. The van der Waals surface area contributed by atoms with Gasteiger partial charge in [-0.1, -0.05) is 0 Å². The van der Waals surface area contributed by atoms with Crippen molar-refractivity contribution in [3.8, 4) is 0 Å². The lowest BCUT2D eigenvalue weighted by molar-refractivity contribution is -0.126. The van der Waals surface area contributed by atoms with E-state index in [1.165, 1.54) is 13.8 Å². The van der Waals surface area contributed by atoms with Crippen LogP contribution in [0.15, 0.2) is 0 Å². The number of carbonyl (C=O) groups is 3. The van der Waals surface area contributed by atoms with E-state index in [1.54, 1.807) is 7.05 Å². The van der Waals surface area contributed by atoms with Gasteiger partial charge in [-0.05, 0) is 27.3 Å². The fourth-order valence-electron chi connectivity index (χ4n) is 1.13. The standard InChI is InChI=1S/C10H19N3O3/c1-7(14)4-5-9(13-11-3)10(16)12-6-8(2)15/h9,11,13H,4-6H2,1-3H3,(H,12,16). The van der Waals surface area contributed by atoms with E-state index in [0.29, 0.717) is 12.8 Å². The Morgan fingerprint density at radius 3 is 2.19 bits per heavy atom. The van der Waals surface area contributed by atoms with Gasteiger partial charge in [0.05, 0.1) is 6.54 Å². The number of ketones is 2. The minimum Gasteiger partial charge on any atom is -0.348 e. The lowest BCUT2D eigenvalue weighted by Crippen LogP contribution is -2.49. The van der Waals surface area contributed by atoms with Crippen LogP contribution >= 0.6 is 0 Å². The first-order valence-electron chi connectivity index (χ1n) is 5.16. The molecule has 6 heteroatoms. The molecular formula is C10H19N3O3. The van der Waals surface area contributed by atoms with Crippen molar-refractivity contribution in [3.63, 3.8) is 0 Å². The summed E-state index contributed by atoms with van der Waals surface area (Å²) < 4.78 is 0.